The van der Waals surface area contributed by atoms with Crippen LogP contribution in [0.5, 0.6) is 11.5 Å². The van der Waals surface area contributed by atoms with E-state index in [1.807, 2.05) is 0 Å². The first-order chi connectivity index (χ1) is 12.1. The molecule has 2 aromatic rings. The summed E-state index contributed by atoms with van der Waals surface area (Å²) in [5.41, 5.74) is -1.33. The number of ether oxygens (including phenoxy) is 1. The number of carbonyl (C=O) groups is 1. The molecular formula is C16H8BrF5N2O2. The molecule has 4 nitrogen and oxygen atoms in total. The maximum absolute atomic E-state index is 13.9. The van der Waals surface area contributed by atoms with Crippen molar-refractivity contribution in [3.8, 4) is 17.6 Å². The maximum atomic E-state index is 13.9. The van der Waals surface area contributed by atoms with Crippen LogP contribution in [0, 0.1) is 23.0 Å². The number of rotatable bonds is 4. The molecular weight excluding hydrogens is 427 g/mol. The van der Waals surface area contributed by atoms with Crippen molar-refractivity contribution in [3.05, 3.63) is 52.0 Å². The third-order valence-corrected chi connectivity index (χ3v) is 3.40. The van der Waals surface area contributed by atoms with E-state index in [-0.39, 0.29) is 23.6 Å². The van der Waals surface area contributed by atoms with Gasteiger partial charge < -0.3 is 10.1 Å². The van der Waals surface area contributed by atoms with Crippen molar-refractivity contribution in [2.24, 2.45) is 0 Å². The van der Waals surface area contributed by atoms with Gasteiger partial charge in [-0.25, -0.2) is 8.78 Å². The Bertz CT molecular complexity index is 870. The van der Waals surface area contributed by atoms with E-state index in [1.54, 1.807) is 6.07 Å². The van der Waals surface area contributed by atoms with Gasteiger partial charge in [-0.2, -0.15) is 18.4 Å². The topological polar surface area (TPSA) is 62.1 Å². The summed E-state index contributed by atoms with van der Waals surface area (Å²) in [5.74, 6) is -4.86. The monoisotopic (exact) mass is 434 g/mol. The molecule has 0 unspecified atom stereocenters. The number of nitrogens with zero attached hydrogens (tertiary/aromatic N) is 1. The SMILES string of the molecule is N#CCC(=O)Nc1cc(Br)cc(Oc2c(F)cc(C(F)(F)F)cc2F)c1. The Labute approximate surface area is 152 Å². The molecule has 0 bridgehead atoms. The van der Waals surface area contributed by atoms with Crippen LogP contribution < -0.4 is 10.1 Å². The second-order valence-electron chi connectivity index (χ2n) is 4.93. The van der Waals surface area contributed by atoms with E-state index in [0.717, 1.165) is 0 Å². The second kappa shape index (κ2) is 7.70. The number of alkyl halides is 3. The Morgan fingerprint density at radius 1 is 1.15 bits per heavy atom. The number of benzene rings is 2. The summed E-state index contributed by atoms with van der Waals surface area (Å²) < 4.78 is 70.7. The summed E-state index contributed by atoms with van der Waals surface area (Å²) in [6.45, 7) is 0. The number of nitriles is 1. The first kappa shape index (κ1) is 19.7. The van der Waals surface area contributed by atoms with Gasteiger partial charge in [0.05, 0.1) is 11.6 Å². The van der Waals surface area contributed by atoms with Crippen LogP contribution in [0.1, 0.15) is 12.0 Å². The standard InChI is InChI=1S/C16H8BrF5N2O2/c17-9-5-10(24-14(25)1-2-23)7-11(6-9)26-15-12(18)3-8(4-13(15)19)16(20,21)22/h3-7H,1H2,(H,24,25). The van der Waals surface area contributed by atoms with Gasteiger partial charge in [0, 0.05) is 16.2 Å². The van der Waals surface area contributed by atoms with Gasteiger partial charge in [0.25, 0.3) is 0 Å². The third kappa shape index (κ3) is 4.92. The Balaban J connectivity index is 2.33. The highest BCUT2D eigenvalue weighted by molar-refractivity contribution is 9.10. The van der Waals surface area contributed by atoms with Crippen LogP contribution in [0.15, 0.2) is 34.8 Å². The molecule has 0 spiro atoms. The highest BCUT2D eigenvalue weighted by Gasteiger charge is 2.33. The van der Waals surface area contributed by atoms with Gasteiger partial charge in [0.1, 0.15) is 12.2 Å². The fourth-order valence-electron chi connectivity index (χ4n) is 1.91. The zero-order chi connectivity index (χ0) is 19.5. The van der Waals surface area contributed by atoms with Crippen molar-refractivity contribution < 1.29 is 31.5 Å². The van der Waals surface area contributed by atoms with Crippen LogP contribution in [-0.2, 0) is 11.0 Å². The number of hydrogen-bond acceptors (Lipinski definition) is 3. The minimum atomic E-state index is -4.91. The lowest BCUT2D eigenvalue weighted by Crippen LogP contribution is -2.10. The van der Waals surface area contributed by atoms with E-state index in [9.17, 15) is 26.7 Å². The molecule has 0 atom stereocenters. The normalized spacial score (nSPS) is 11.0. The first-order valence-corrected chi connectivity index (χ1v) is 7.61. The molecule has 1 amide bonds. The summed E-state index contributed by atoms with van der Waals surface area (Å²) in [6.07, 6.45) is -5.32. The largest absolute Gasteiger partial charge is 0.451 e. The van der Waals surface area contributed by atoms with Gasteiger partial charge in [-0.1, -0.05) is 15.9 Å². The van der Waals surface area contributed by atoms with Crippen LogP contribution in [0.25, 0.3) is 0 Å². The van der Waals surface area contributed by atoms with Crippen LogP contribution in [-0.4, -0.2) is 5.91 Å². The predicted molar refractivity (Wildman–Crippen MR) is 84.4 cm³/mol. The van der Waals surface area contributed by atoms with Crippen molar-refractivity contribution in [1.82, 2.24) is 0 Å². The molecule has 1 N–H and O–H groups in total. The summed E-state index contributed by atoms with van der Waals surface area (Å²) >= 11 is 3.10. The van der Waals surface area contributed by atoms with Crippen LogP contribution in [0.2, 0.25) is 0 Å². The zero-order valence-corrected chi connectivity index (χ0v) is 14.2. The summed E-state index contributed by atoms with van der Waals surface area (Å²) in [4.78, 5) is 11.4. The number of carbonyl (C=O) groups excluding carboxylic acids is 1. The zero-order valence-electron chi connectivity index (χ0n) is 12.6. The molecule has 26 heavy (non-hydrogen) atoms. The molecule has 0 fully saturated rings. The molecule has 10 heteroatoms. The predicted octanol–water partition coefficient (Wildman–Crippen LogP) is 5.39. The number of halogens is 6. The lowest BCUT2D eigenvalue weighted by molar-refractivity contribution is -0.138. The van der Waals surface area contributed by atoms with Gasteiger partial charge in [0.15, 0.2) is 17.4 Å². The molecule has 0 aliphatic heterocycles. The first-order valence-electron chi connectivity index (χ1n) is 6.81. The van der Waals surface area contributed by atoms with Gasteiger partial charge in [-0.15, -0.1) is 0 Å². The van der Waals surface area contributed by atoms with E-state index in [0.29, 0.717) is 4.47 Å². The fourth-order valence-corrected chi connectivity index (χ4v) is 2.38. The highest BCUT2D eigenvalue weighted by atomic mass is 79.9. The Hall–Kier alpha value is -2.67. The number of nitrogens with one attached hydrogen (secondary N) is 1. The van der Waals surface area contributed by atoms with Crippen LogP contribution >= 0.6 is 15.9 Å². The lowest BCUT2D eigenvalue weighted by Gasteiger charge is -2.13. The summed E-state index contributed by atoms with van der Waals surface area (Å²) in [5, 5.41) is 10.8. The van der Waals surface area contributed by atoms with E-state index >= 15 is 0 Å². The van der Waals surface area contributed by atoms with Crippen molar-refractivity contribution >= 4 is 27.5 Å². The average molecular weight is 435 g/mol. The molecule has 2 aromatic carbocycles. The van der Waals surface area contributed by atoms with Crippen molar-refractivity contribution in [2.45, 2.75) is 12.6 Å². The highest BCUT2D eigenvalue weighted by Crippen LogP contribution is 2.36. The molecule has 2 rings (SSSR count). The van der Waals surface area contributed by atoms with Crippen molar-refractivity contribution in [2.75, 3.05) is 5.32 Å². The molecule has 0 saturated heterocycles. The quantitative estimate of drug-likeness (QED) is 0.656. The van der Waals surface area contributed by atoms with E-state index in [2.05, 4.69) is 21.2 Å². The Morgan fingerprint density at radius 3 is 2.31 bits per heavy atom. The van der Waals surface area contributed by atoms with Crippen LogP contribution in [0.4, 0.5) is 27.6 Å². The minimum Gasteiger partial charge on any atom is -0.451 e. The van der Waals surface area contributed by atoms with Crippen LogP contribution in [0.3, 0.4) is 0 Å². The second-order valence-corrected chi connectivity index (χ2v) is 5.84. The Kier molecular flexibility index (Phi) is 5.82. The van der Waals surface area contributed by atoms with Gasteiger partial charge >= 0.3 is 6.18 Å². The Morgan fingerprint density at radius 2 is 1.77 bits per heavy atom. The van der Waals surface area contributed by atoms with Gasteiger partial charge in [-0.05, 0) is 24.3 Å². The third-order valence-electron chi connectivity index (χ3n) is 2.94. The maximum Gasteiger partial charge on any atom is 0.416 e. The summed E-state index contributed by atoms with van der Waals surface area (Å²) in [7, 11) is 0. The van der Waals surface area contributed by atoms with E-state index < -0.39 is 41.5 Å². The average Bonchev–Trinajstić information content (AvgIpc) is 2.49. The van der Waals surface area contributed by atoms with Gasteiger partial charge in [-0.3, -0.25) is 4.79 Å². The molecule has 0 heterocycles. The molecule has 0 aromatic heterocycles. The number of anilines is 1. The summed E-state index contributed by atoms with van der Waals surface area (Å²) in [6, 6.07) is 5.79. The van der Waals surface area contributed by atoms with E-state index in [4.69, 9.17) is 10.00 Å². The smallest absolute Gasteiger partial charge is 0.416 e. The molecule has 136 valence electrons. The molecule has 0 saturated carbocycles. The van der Waals surface area contributed by atoms with E-state index in [1.165, 1.54) is 18.2 Å². The molecule has 0 aliphatic rings. The fraction of sp³-hybridized carbons (Fsp3) is 0.125. The number of amides is 1. The number of hydrogen-bond donors (Lipinski definition) is 1. The van der Waals surface area contributed by atoms with Gasteiger partial charge in [0.2, 0.25) is 5.91 Å². The lowest BCUT2D eigenvalue weighted by atomic mass is 10.2. The molecule has 0 radical (unpaired) electrons. The minimum absolute atomic E-state index is 0.117. The molecule has 0 aliphatic carbocycles. The van der Waals surface area contributed by atoms with Crippen molar-refractivity contribution in [3.63, 3.8) is 0 Å². The van der Waals surface area contributed by atoms with Crippen molar-refractivity contribution in [1.29, 1.82) is 5.26 Å².